The topological polar surface area (TPSA) is 108 Å². The van der Waals surface area contributed by atoms with Crippen LogP contribution in [0.1, 0.15) is 33.3 Å². The Morgan fingerprint density at radius 2 is 1.59 bits per heavy atom. The van der Waals surface area contributed by atoms with Crippen molar-refractivity contribution in [2.75, 3.05) is 7.11 Å². The average Bonchev–Trinajstić information content (AvgIpc) is 2.86. The van der Waals surface area contributed by atoms with Gasteiger partial charge in [0.2, 0.25) is 0 Å². The van der Waals surface area contributed by atoms with E-state index in [-0.39, 0.29) is 29.1 Å². The summed E-state index contributed by atoms with van der Waals surface area (Å²) in [5, 5.41) is 10.4. The average molecular weight is 460 g/mol. The lowest BCUT2D eigenvalue weighted by molar-refractivity contribution is -0.195. The number of methoxy groups -OCH3 is 1. The minimum absolute atomic E-state index is 0.00767. The van der Waals surface area contributed by atoms with E-state index in [0.29, 0.717) is 5.56 Å². The smallest absolute Gasteiger partial charge is 0.348 e. The Hall–Kier alpha value is -4.59. The van der Waals surface area contributed by atoms with Crippen molar-refractivity contribution in [3.05, 3.63) is 101 Å². The van der Waals surface area contributed by atoms with Crippen molar-refractivity contribution in [2.24, 2.45) is 0 Å². The molecule has 0 saturated carbocycles. The number of phenolic OH excluding ortho intramolecular Hbond substituents is 1. The van der Waals surface area contributed by atoms with E-state index in [9.17, 15) is 19.5 Å². The maximum atomic E-state index is 12.6. The monoisotopic (exact) mass is 460 g/mol. The van der Waals surface area contributed by atoms with Gasteiger partial charge in [-0.1, -0.05) is 60.7 Å². The van der Waals surface area contributed by atoms with Crippen LogP contribution in [0.2, 0.25) is 0 Å². The fourth-order valence-corrected chi connectivity index (χ4v) is 3.28. The van der Waals surface area contributed by atoms with Crippen molar-refractivity contribution in [3.63, 3.8) is 0 Å². The molecule has 0 bridgehead atoms. The second-order valence-electron chi connectivity index (χ2n) is 7.29. The van der Waals surface area contributed by atoms with Crippen LogP contribution in [0.25, 0.3) is 6.08 Å². The number of esters is 3. The van der Waals surface area contributed by atoms with Crippen LogP contribution in [-0.4, -0.2) is 30.1 Å². The van der Waals surface area contributed by atoms with Gasteiger partial charge >= 0.3 is 17.9 Å². The number of aromatic hydroxyl groups is 1. The molecule has 3 aromatic carbocycles. The van der Waals surface area contributed by atoms with E-state index < -0.39 is 29.9 Å². The van der Waals surface area contributed by atoms with Crippen LogP contribution in [0.4, 0.5) is 0 Å². The number of benzene rings is 3. The van der Waals surface area contributed by atoms with Crippen LogP contribution in [0.15, 0.2) is 78.4 Å². The summed E-state index contributed by atoms with van der Waals surface area (Å²) in [5.41, 5.74) is 0.938. The number of cyclic esters (lactones) is 2. The molecule has 1 aliphatic heterocycles. The third kappa shape index (κ3) is 4.91. The van der Waals surface area contributed by atoms with Gasteiger partial charge in [-0.15, -0.1) is 0 Å². The Morgan fingerprint density at radius 1 is 0.971 bits per heavy atom. The van der Waals surface area contributed by atoms with Crippen LogP contribution in [-0.2, 0) is 30.4 Å². The highest BCUT2D eigenvalue weighted by molar-refractivity contribution is 6.18. The van der Waals surface area contributed by atoms with Crippen molar-refractivity contribution < 1.29 is 38.4 Å². The molecular formula is C26H20O8. The van der Waals surface area contributed by atoms with Crippen LogP contribution in [0.5, 0.6) is 11.5 Å². The largest absolute Gasteiger partial charge is 0.504 e. The zero-order chi connectivity index (χ0) is 24.1. The van der Waals surface area contributed by atoms with Gasteiger partial charge in [0.1, 0.15) is 17.7 Å². The van der Waals surface area contributed by atoms with Crippen molar-refractivity contribution in [1.29, 1.82) is 0 Å². The van der Waals surface area contributed by atoms with Gasteiger partial charge in [-0.25, -0.2) is 14.4 Å². The molecule has 0 atom stereocenters. The standard InChI is InChI=1S/C26H20O8/c1-31-21-14-17(12-19(22(21)27)23(28)32-15-16-8-4-2-5-9-16)13-20-24(29)33-26(34-25(20)30)18-10-6-3-7-11-18/h2-14,26-27H,15H2,1H3. The third-order valence-corrected chi connectivity index (χ3v) is 5.00. The van der Waals surface area contributed by atoms with E-state index in [0.717, 1.165) is 5.56 Å². The van der Waals surface area contributed by atoms with Crippen LogP contribution >= 0.6 is 0 Å². The lowest BCUT2D eigenvalue weighted by Gasteiger charge is -2.24. The lowest BCUT2D eigenvalue weighted by atomic mass is 10.0. The number of rotatable bonds is 6. The molecule has 34 heavy (non-hydrogen) atoms. The number of ether oxygens (including phenoxy) is 4. The number of hydrogen-bond acceptors (Lipinski definition) is 8. The molecule has 0 spiro atoms. The van der Waals surface area contributed by atoms with Crippen LogP contribution in [0.3, 0.4) is 0 Å². The number of carbonyl (C=O) groups is 3. The summed E-state index contributed by atoms with van der Waals surface area (Å²) < 4.78 is 20.9. The Bertz CT molecular complexity index is 1230. The zero-order valence-electron chi connectivity index (χ0n) is 18.1. The predicted octanol–water partition coefficient (Wildman–Crippen LogP) is 3.94. The van der Waals surface area contributed by atoms with Gasteiger partial charge in [0.15, 0.2) is 11.5 Å². The normalized spacial score (nSPS) is 15.2. The molecule has 3 aromatic rings. The van der Waals surface area contributed by atoms with Gasteiger partial charge in [-0.2, -0.15) is 0 Å². The molecule has 8 heteroatoms. The Balaban J connectivity index is 1.58. The van der Waals surface area contributed by atoms with Crippen molar-refractivity contribution >= 4 is 24.0 Å². The fourth-order valence-electron chi connectivity index (χ4n) is 3.28. The molecule has 1 aliphatic rings. The molecular weight excluding hydrogens is 440 g/mol. The van der Waals surface area contributed by atoms with E-state index >= 15 is 0 Å². The Labute approximate surface area is 195 Å². The maximum Gasteiger partial charge on any atom is 0.348 e. The fraction of sp³-hybridized carbons (Fsp3) is 0.115. The molecule has 1 fully saturated rings. The van der Waals surface area contributed by atoms with Crippen molar-refractivity contribution in [2.45, 2.75) is 12.9 Å². The molecule has 0 amide bonds. The van der Waals surface area contributed by atoms with Crippen molar-refractivity contribution in [3.8, 4) is 11.5 Å². The van der Waals surface area contributed by atoms with Gasteiger partial charge in [-0.3, -0.25) is 0 Å². The van der Waals surface area contributed by atoms with Crippen LogP contribution in [0, 0.1) is 0 Å². The molecule has 0 radical (unpaired) electrons. The maximum absolute atomic E-state index is 12.6. The number of hydrogen-bond donors (Lipinski definition) is 1. The predicted molar refractivity (Wildman–Crippen MR) is 120 cm³/mol. The highest BCUT2D eigenvalue weighted by atomic mass is 16.7. The van der Waals surface area contributed by atoms with Crippen LogP contribution < -0.4 is 4.74 Å². The highest BCUT2D eigenvalue weighted by Gasteiger charge is 2.34. The molecule has 1 N–H and O–H groups in total. The summed E-state index contributed by atoms with van der Waals surface area (Å²) in [6.45, 7) is -0.00767. The van der Waals surface area contributed by atoms with E-state index in [1.807, 2.05) is 6.07 Å². The van der Waals surface area contributed by atoms with E-state index in [4.69, 9.17) is 18.9 Å². The van der Waals surface area contributed by atoms with Crippen molar-refractivity contribution in [1.82, 2.24) is 0 Å². The van der Waals surface area contributed by atoms with E-state index in [1.54, 1.807) is 54.6 Å². The highest BCUT2D eigenvalue weighted by Crippen LogP contribution is 2.34. The number of carbonyl (C=O) groups excluding carboxylic acids is 3. The van der Waals surface area contributed by atoms with Gasteiger partial charge in [0.05, 0.1) is 7.11 Å². The first-order valence-electron chi connectivity index (χ1n) is 10.3. The molecule has 1 heterocycles. The van der Waals surface area contributed by atoms with E-state index in [1.165, 1.54) is 25.3 Å². The first kappa shape index (κ1) is 22.6. The Morgan fingerprint density at radius 3 is 2.21 bits per heavy atom. The molecule has 0 aliphatic carbocycles. The quantitative estimate of drug-likeness (QED) is 0.335. The summed E-state index contributed by atoms with van der Waals surface area (Å²) in [4.78, 5) is 37.7. The molecule has 4 rings (SSSR count). The summed E-state index contributed by atoms with van der Waals surface area (Å²) in [5.74, 6) is -3.05. The SMILES string of the molecule is COc1cc(C=C2C(=O)OC(c3ccccc3)OC2=O)cc(C(=O)OCc2ccccc2)c1O. The summed E-state index contributed by atoms with van der Waals surface area (Å²) >= 11 is 0. The van der Waals surface area contributed by atoms with Gasteiger partial charge < -0.3 is 24.1 Å². The molecule has 1 saturated heterocycles. The minimum Gasteiger partial charge on any atom is -0.504 e. The summed E-state index contributed by atoms with van der Waals surface area (Å²) in [6, 6.07) is 20.2. The first-order valence-corrected chi connectivity index (χ1v) is 10.3. The second-order valence-corrected chi connectivity index (χ2v) is 7.29. The van der Waals surface area contributed by atoms with E-state index in [2.05, 4.69) is 0 Å². The van der Waals surface area contributed by atoms with Gasteiger partial charge in [0, 0.05) is 5.56 Å². The minimum atomic E-state index is -1.16. The van der Waals surface area contributed by atoms with Gasteiger partial charge in [-0.05, 0) is 29.3 Å². The second kappa shape index (κ2) is 9.91. The lowest BCUT2D eigenvalue weighted by Crippen LogP contribution is -2.29. The summed E-state index contributed by atoms with van der Waals surface area (Å²) in [7, 11) is 1.30. The molecule has 172 valence electrons. The molecule has 8 nitrogen and oxygen atoms in total. The Kier molecular flexibility index (Phi) is 6.59. The molecule has 0 unspecified atom stereocenters. The molecule has 0 aromatic heterocycles. The zero-order valence-corrected chi connectivity index (χ0v) is 18.1. The first-order chi connectivity index (χ1) is 16.5. The summed E-state index contributed by atoms with van der Waals surface area (Å²) in [6.07, 6.45) is 0.0400. The third-order valence-electron chi connectivity index (χ3n) is 5.00. The number of phenols is 1. The van der Waals surface area contributed by atoms with Gasteiger partial charge in [0.25, 0.3) is 6.29 Å².